The number of hydrogen-bond acceptors (Lipinski definition) is 5. The van der Waals surface area contributed by atoms with E-state index in [1.54, 1.807) is 0 Å². The van der Waals surface area contributed by atoms with Gasteiger partial charge in [-0.25, -0.2) is 0 Å². The average molecular weight is 1130 g/mol. The summed E-state index contributed by atoms with van der Waals surface area (Å²) in [7, 11) is 0. The van der Waals surface area contributed by atoms with Crippen LogP contribution in [0.15, 0.2) is 12.2 Å². The molecule has 2 unspecified atom stereocenters. The lowest BCUT2D eigenvalue weighted by Gasteiger charge is -2.22. The SMILES string of the molecule is CCCCC/C=C\CCCCCCCC(=O)OCCCCCCCCCCCCCCCCCCCCCCCCCCCCCCC(=O)NC(CO)C(O)CCCCCCCCCCCCCCCCCCCCCCCCC. The van der Waals surface area contributed by atoms with Crippen molar-refractivity contribution < 1.29 is 24.5 Å². The van der Waals surface area contributed by atoms with E-state index in [-0.39, 0.29) is 18.5 Å². The first-order valence-electron chi connectivity index (χ1n) is 36.9. The molecule has 3 N–H and O–H groups in total. The van der Waals surface area contributed by atoms with E-state index in [4.69, 9.17) is 4.74 Å². The summed E-state index contributed by atoms with van der Waals surface area (Å²) >= 11 is 0. The van der Waals surface area contributed by atoms with E-state index in [1.807, 2.05) is 0 Å². The molecule has 0 bridgehead atoms. The van der Waals surface area contributed by atoms with Crippen LogP contribution in [0.1, 0.15) is 425 Å². The summed E-state index contributed by atoms with van der Waals surface area (Å²) in [5.74, 6) is -0.0165. The maximum atomic E-state index is 12.6. The molecule has 0 aliphatic carbocycles. The first-order chi connectivity index (χ1) is 39.5. The van der Waals surface area contributed by atoms with Crippen LogP contribution in [0.2, 0.25) is 0 Å². The highest BCUT2D eigenvalue weighted by Gasteiger charge is 2.20. The number of carbonyl (C=O) groups is 2. The predicted octanol–water partition coefficient (Wildman–Crippen LogP) is 23.9. The average Bonchev–Trinajstić information content (AvgIpc) is 3.46. The van der Waals surface area contributed by atoms with Crippen LogP contribution in [0.3, 0.4) is 0 Å². The van der Waals surface area contributed by atoms with E-state index in [2.05, 4.69) is 31.3 Å². The Balaban J connectivity index is 3.35. The van der Waals surface area contributed by atoms with Gasteiger partial charge in [0.1, 0.15) is 0 Å². The van der Waals surface area contributed by atoms with E-state index < -0.39 is 12.1 Å². The zero-order valence-corrected chi connectivity index (χ0v) is 54.6. The van der Waals surface area contributed by atoms with Gasteiger partial charge in [0, 0.05) is 12.8 Å². The quantitative estimate of drug-likeness (QED) is 0.0320. The Kier molecular flexibility index (Phi) is 68.9. The van der Waals surface area contributed by atoms with Gasteiger partial charge in [-0.15, -0.1) is 0 Å². The van der Waals surface area contributed by atoms with Crippen LogP contribution in [-0.2, 0) is 14.3 Å². The molecule has 1 amide bonds. The summed E-state index contributed by atoms with van der Waals surface area (Å²) in [4.78, 5) is 24.6. The van der Waals surface area contributed by atoms with Gasteiger partial charge in [0.15, 0.2) is 0 Å². The van der Waals surface area contributed by atoms with E-state index >= 15 is 0 Å². The van der Waals surface area contributed by atoms with Crippen LogP contribution in [0, 0.1) is 0 Å². The summed E-state index contributed by atoms with van der Waals surface area (Å²) < 4.78 is 5.48. The number of unbranched alkanes of at least 4 members (excludes halogenated alkanes) is 57. The minimum Gasteiger partial charge on any atom is -0.466 e. The van der Waals surface area contributed by atoms with E-state index in [9.17, 15) is 19.8 Å². The Morgan fingerprint density at radius 2 is 0.588 bits per heavy atom. The largest absolute Gasteiger partial charge is 0.466 e. The highest BCUT2D eigenvalue weighted by atomic mass is 16.5. The topological polar surface area (TPSA) is 95.9 Å². The highest BCUT2D eigenvalue weighted by Crippen LogP contribution is 2.20. The molecule has 0 aromatic heterocycles. The van der Waals surface area contributed by atoms with Gasteiger partial charge in [0.05, 0.1) is 25.4 Å². The number of carbonyl (C=O) groups excluding carboxylic acids is 2. The molecular formula is C74H145NO5. The van der Waals surface area contributed by atoms with Crippen LogP contribution >= 0.6 is 0 Å². The number of nitrogens with one attached hydrogen (secondary N) is 1. The zero-order valence-electron chi connectivity index (χ0n) is 54.6. The maximum Gasteiger partial charge on any atom is 0.305 e. The van der Waals surface area contributed by atoms with Crippen molar-refractivity contribution in [3.05, 3.63) is 12.2 Å². The minimum absolute atomic E-state index is 0.00975. The lowest BCUT2D eigenvalue weighted by Crippen LogP contribution is -2.45. The summed E-state index contributed by atoms with van der Waals surface area (Å²) in [6.45, 7) is 4.98. The smallest absolute Gasteiger partial charge is 0.305 e. The summed E-state index contributed by atoms with van der Waals surface area (Å²) in [6.07, 6.45) is 87.1. The molecule has 80 heavy (non-hydrogen) atoms. The van der Waals surface area contributed by atoms with Gasteiger partial charge in [-0.1, -0.05) is 373 Å². The lowest BCUT2D eigenvalue weighted by molar-refractivity contribution is -0.143. The Bertz CT molecular complexity index is 1210. The molecular weight excluding hydrogens is 983 g/mol. The predicted molar refractivity (Wildman–Crippen MR) is 352 cm³/mol. The molecule has 0 saturated heterocycles. The molecule has 476 valence electrons. The molecule has 0 aliphatic rings. The van der Waals surface area contributed by atoms with Crippen molar-refractivity contribution >= 4 is 11.9 Å². The fraction of sp³-hybridized carbons (Fsp3) is 0.946. The van der Waals surface area contributed by atoms with Crippen LogP contribution in [0.25, 0.3) is 0 Å². The third-order valence-electron chi connectivity index (χ3n) is 17.6. The van der Waals surface area contributed by atoms with Crippen molar-refractivity contribution in [1.82, 2.24) is 5.32 Å². The Hall–Kier alpha value is -1.40. The second-order valence-corrected chi connectivity index (χ2v) is 25.6. The van der Waals surface area contributed by atoms with Crippen molar-refractivity contribution in [2.75, 3.05) is 13.2 Å². The van der Waals surface area contributed by atoms with Crippen molar-refractivity contribution in [1.29, 1.82) is 0 Å². The highest BCUT2D eigenvalue weighted by molar-refractivity contribution is 5.76. The fourth-order valence-electron chi connectivity index (χ4n) is 11.9. The van der Waals surface area contributed by atoms with Crippen molar-refractivity contribution in [3.8, 4) is 0 Å². The normalized spacial score (nSPS) is 12.5. The van der Waals surface area contributed by atoms with Crippen molar-refractivity contribution in [2.45, 2.75) is 437 Å². The van der Waals surface area contributed by atoms with Crippen molar-refractivity contribution in [3.63, 3.8) is 0 Å². The standard InChI is InChI=1S/C74H145NO5/c1-3-5-7-9-11-13-15-17-18-19-20-21-28-31-34-37-40-43-46-50-54-58-62-66-72(77)71(70-76)75-73(78)67-63-59-55-51-47-44-41-38-35-32-29-26-24-22-23-25-27-30-33-36-39-42-45-49-53-57-61-65-69-80-74(79)68-64-60-56-52-48-16-14-12-10-8-6-4-2/h12,14,71-72,76-77H,3-11,13,15-70H2,1-2H3,(H,75,78)/b14-12-. The number of amides is 1. The summed E-state index contributed by atoms with van der Waals surface area (Å²) in [6, 6.07) is -0.540. The molecule has 0 aromatic carbocycles. The van der Waals surface area contributed by atoms with E-state index in [0.717, 1.165) is 44.9 Å². The van der Waals surface area contributed by atoms with Gasteiger partial charge in [0.2, 0.25) is 5.91 Å². The maximum absolute atomic E-state index is 12.6. The number of ether oxygens (including phenoxy) is 1. The van der Waals surface area contributed by atoms with E-state index in [0.29, 0.717) is 25.9 Å². The number of allylic oxidation sites excluding steroid dienone is 2. The molecule has 0 rings (SSSR count). The second kappa shape index (κ2) is 70.1. The second-order valence-electron chi connectivity index (χ2n) is 25.6. The third kappa shape index (κ3) is 65.7. The first-order valence-corrected chi connectivity index (χ1v) is 36.9. The number of rotatable bonds is 70. The molecule has 6 heteroatoms. The molecule has 6 nitrogen and oxygen atoms in total. The molecule has 0 radical (unpaired) electrons. The van der Waals surface area contributed by atoms with E-state index in [1.165, 1.54) is 347 Å². The number of esters is 1. The minimum atomic E-state index is -0.663. The Labute approximate surface area is 501 Å². The summed E-state index contributed by atoms with van der Waals surface area (Å²) in [5, 5.41) is 23.5. The van der Waals surface area contributed by atoms with Gasteiger partial charge >= 0.3 is 5.97 Å². The molecule has 0 aliphatic heterocycles. The summed E-state index contributed by atoms with van der Waals surface area (Å²) in [5.41, 5.74) is 0. The van der Waals surface area contributed by atoms with Crippen LogP contribution < -0.4 is 5.32 Å². The van der Waals surface area contributed by atoms with Gasteiger partial charge in [-0.05, 0) is 51.4 Å². The van der Waals surface area contributed by atoms with Gasteiger partial charge in [-0.3, -0.25) is 9.59 Å². The number of hydrogen-bond donors (Lipinski definition) is 3. The molecule has 0 spiro atoms. The zero-order chi connectivity index (χ0) is 57.8. The fourth-order valence-corrected chi connectivity index (χ4v) is 11.9. The van der Waals surface area contributed by atoms with Crippen LogP contribution in [0.4, 0.5) is 0 Å². The first kappa shape index (κ1) is 78.6. The lowest BCUT2D eigenvalue weighted by atomic mass is 10.0. The van der Waals surface area contributed by atoms with Crippen LogP contribution in [0.5, 0.6) is 0 Å². The molecule has 0 saturated carbocycles. The Morgan fingerprint density at radius 3 is 0.912 bits per heavy atom. The molecule has 2 atom stereocenters. The monoisotopic (exact) mass is 1130 g/mol. The van der Waals surface area contributed by atoms with Gasteiger partial charge in [-0.2, -0.15) is 0 Å². The molecule has 0 fully saturated rings. The van der Waals surface area contributed by atoms with Gasteiger partial charge < -0.3 is 20.3 Å². The molecule has 0 aromatic rings. The van der Waals surface area contributed by atoms with Crippen molar-refractivity contribution in [2.24, 2.45) is 0 Å². The Morgan fingerprint density at radius 1 is 0.338 bits per heavy atom. The third-order valence-corrected chi connectivity index (χ3v) is 17.6. The number of aliphatic hydroxyl groups excluding tert-OH is 2. The van der Waals surface area contributed by atoms with Gasteiger partial charge in [0.25, 0.3) is 0 Å². The van der Waals surface area contributed by atoms with Crippen LogP contribution in [-0.4, -0.2) is 47.4 Å². The molecule has 0 heterocycles. The number of aliphatic hydroxyl groups is 2.